The lowest BCUT2D eigenvalue weighted by atomic mass is 9.81. The van der Waals surface area contributed by atoms with Gasteiger partial charge in [0.05, 0.1) is 6.61 Å². The molecule has 3 aromatic rings. The van der Waals surface area contributed by atoms with Crippen LogP contribution in [-0.2, 0) is 21.6 Å². The van der Waals surface area contributed by atoms with E-state index in [1.54, 1.807) is 60.7 Å². The smallest absolute Gasteiger partial charge is 0.336 e. The molecule has 0 spiro atoms. The molecule has 1 atom stereocenters. The summed E-state index contributed by atoms with van der Waals surface area (Å²) in [6.07, 6.45) is -1.23. The number of aliphatic carboxylic acids is 1. The third-order valence-corrected chi connectivity index (χ3v) is 4.91. The predicted octanol–water partition coefficient (Wildman–Crippen LogP) is 4.29. The molecule has 0 aliphatic rings. The second-order valence-electron chi connectivity index (χ2n) is 6.43. The summed E-state index contributed by atoms with van der Waals surface area (Å²) in [7, 11) is 0. The zero-order chi connectivity index (χ0) is 20.0. The van der Waals surface area contributed by atoms with Crippen LogP contribution in [0.25, 0.3) is 0 Å². The molecule has 0 fully saturated rings. The van der Waals surface area contributed by atoms with Gasteiger partial charge in [-0.1, -0.05) is 84.4 Å². The van der Waals surface area contributed by atoms with Crippen LogP contribution >= 0.6 is 11.6 Å². The standard InChI is InChI=1S/C23H21ClO4/c24-20-13-11-17(12-14-20)15-16-28-23(21(25)22(26)27,18-7-3-1-4-8-18)19-9-5-2-6-10-19/h1-14,21,25H,15-16H2,(H,26,27). The van der Waals surface area contributed by atoms with Gasteiger partial charge in [-0.2, -0.15) is 0 Å². The maximum absolute atomic E-state index is 11.8. The van der Waals surface area contributed by atoms with Gasteiger partial charge >= 0.3 is 5.97 Å². The van der Waals surface area contributed by atoms with Crippen molar-refractivity contribution in [3.8, 4) is 0 Å². The van der Waals surface area contributed by atoms with E-state index in [-0.39, 0.29) is 6.61 Å². The minimum atomic E-state index is -1.78. The van der Waals surface area contributed by atoms with Crippen LogP contribution in [0.3, 0.4) is 0 Å². The number of ether oxygens (including phenoxy) is 1. The first kappa shape index (κ1) is 20.1. The van der Waals surface area contributed by atoms with Crippen LogP contribution in [0.15, 0.2) is 84.9 Å². The van der Waals surface area contributed by atoms with Crippen molar-refractivity contribution in [1.29, 1.82) is 0 Å². The summed E-state index contributed by atoms with van der Waals surface area (Å²) in [4.78, 5) is 11.8. The Kier molecular flexibility index (Phi) is 6.47. The first-order valence-corrected chi connectivity index (χ1v) is 9.32. The number of carboxylic acid groups (broad SMARTS) is 1. The monoisotopic (exact) mass is 396 g/mol. The molecule has 0 heterocycles. The van der Waals surface area contributed by atoms with Crippen molar-refractivity contribution in [1.82, 2.24) is 0 Å². The first-order valence-electron chi connectivity index (χ1n) is 8.94. The van der Waals surface area contributed by atoms with Crippen molar-refractivity contribution < 1.29 is 19.7 Å². The molecule has 0 saturated carbocycles. The minimum absolute atomic E-state index is 0.218. The normalized spacial score (nSPS) is 12.5. The van der Waals surface area contributed by atoms with Crippen LogP contribution in [0.1, 0.15) is 16.7 Å². The Balaban J connectivity index is 1.99. The third-order valence-electron chi connectivity index (χ3n) is 4.66. The second-order valence-corrected chi connectivity index (χ2v) is 6.87. The number of benzene rings is 3. The zero-order valence-corrected chi connectivity index (χ0v) is 15.9. The molecule has 0 aromatic heterocycles. The molecule has 0 aliphatic heterocycles. The molecule has 0 radical (unpaired) electrons. The first-order chi connectivity index (χ1) is 13.5. The van der Waals surface area contributed by atoms with E-state index in [2.05, 4.69) is 0 Å². The van der Waals surface area contributed by atoms with E-state index in [0.717, 1.165) is 5.56 Å². The van der Waals surface area contributed by atoms with Gasteiger partial charge < -0.3 is 14.9 Å². The van der Waals surface area contributed by atoms with Gasteiger partial charge in [-0.15, -0.1) is 0 Å². The van der Waals surface area contributed by atoms with E-state index in [1.807, 2.05) is 24.3 Å². The van der Waals surface area contributed by atoms with Crippen LogP contribution in [0, 0.1) is 0 Å². The van der Waals surface area contributed by atoms with Crippen molar-refractivity contribution in [2.75, 3.05) is 6.61 Å². The molecule has 2 N–H and O–H groups in total. The fraction of sp³-hybridized carbons (Fsp3) is 0.174. The number of hydrogen-bond donors (Lipinski definition) is 2. The number of carbonyl (C=O) groups is 1. The van der Waals surface area contributed by atoms with Crippen LogP contribution in [0.2, 0.25) is 5.02 Å². The van der Waals surface area contributed by atoms with Crippen molar-refractivity contribution >= 4 is 17.6 Å². The fourth-order valence-electron chi connectivity index (χ4n) is 3.25. The van der Waals surface area contributed by atoms with Crippen molar-refractivity contribution in [2.24, 2.45) is 0 Å². The summed E-state index contributed by atoms with van der Waals surface area (Å²) in [6, 6.07) is 25.3. The van der Waals surface area contributed by atoms with Crippen LogP contribution in [-0.4, -0.2) is 28.9 Å². The van der Waals surface area contributed by atoms with Gasteiger partial charge in [-0.25, -0.2) is 4.79 Å². The Labute approximate surface area is 169 Å². The van der Waals surface area contributed by atoms with Gasteiger partial charge in [0.25, 0.3) is 0 Å². The quantitative estimate of drug-likeness (QED) is 0.596. The number of aliphatic hydroxyl groups excluding tert-OH is 1. The highest BCUT2D eigenvalue weighted by molar-refractivity contribution is 6.30. The molecule has 1 unspecified atom stereocenters. The van der Waals surface area contributed by atoms with Gasteiger partial charge in [-0.3, -0.25) is 0 Å². The topological polar surface area (TPSA) is 66.8 Å². The Hall–Kier alpha value is -2.66. The summed E-state index contributed by atoms with van der Waals surface area (Å²) in [6.45, 7) is 0.218. The molecular weight excluding hydrogens is 376 g/mol. The number of rotatable bonds is 8. The molecule has 0 bridgehead atoms. The van der Waals surface area contributed by atoms with E-state index in [1.165, 1.54) is 0 Å². The van der Waals surface area contributed by atoms with Crippen LogP contribution in [0.5, 0.6) is 0 Å². The summed E-state index contributed by atoms with van der Waals surface area (Å²) in [5, 5.41) is 21.0. The summed E-state index contributed by atoms with van der Waals surface area (Å²) >= 11 is 5.93. The van der Waals surface area contributed by atoms with E-state index < -0.39 is 17.7 Å². The van der Waals surface area contributed by atoms with Crippen molar-refractivity contribution in [3.63, 3.8) is 0 Å². The largest absolute Gasteiger partial charge is 0.479 e. The predicted molar refractivity (Wildman–Crippen MR) is 108 cm³/mol. The lowest BCUT2D eigenvalue weighted by molar-refractivity contribution is -0.167. The Morgan fingerprint density at radius 1 is 0.893 bits per heavy atom. The maximum Gasteiger partial charge on any atom is 0.336 e. The third kappa shape index (κ3) is 4.25. The zero-order valence-electron chi connectivity index (χ0n) is 15.2. The lowest BCUT2D eigenvalue weighted by Crippen LogP contribution is -2.48. The number of hydrogen-bond acceptors (Lipinski definition) is 3. The van der Waals surface area contributed by atoms with Crippen molar-refractivity contribution in [2.45, 2.75) is 18.1 Å². The SMILES string of the molecule is O=C(O)C(O)C(OCCc1ccc(Cl)cc1)(c1ccccc1)c1ccccc1. The van der Waals surface area contributed by atoms with Gasteiger partial charge in [-0.05, 0) is 35.2 Å². The molecular formula is C23H21ClO4. The average Bonchev–Trinajstić information content (AvgIpc) is 2.73. The van der Waals surface area contributed by atoms with Gasteiger partial charge in [0.15, 0.2) is 11.7 Å². The molecule has 4 nitrogen and oxygen atoms in total. The molecule has 5 heteroatoms. The highest BCUT2D eigenvalue weighted by Crippen LogP contribution is 2.37. The molecule has 0 saturated heterocycles. The highest BCUT2D eigenvalue weighted by Gasteiger charge is 2.46. The fourth-order valence-corrected chi connectivity index (χ4v) is 3.38. The van der Waals surface area contributed by atoms with E-state index in [4.69, 9.17) is 16.3 Å². The van der Waals surface area contributed by atoms with Gasteiger partial charge in [0, 0.05) is 5.02 Å². The average molecular weight is 397 g/mol. The number of carboxylic acids is 1. The second kappa shape index (κ2) is 9.02. The lowest BCUT2D eigenvalue weighted by Gasteiger charge is -2.37. The summed E-state index contributed by atoms with van der Waals surface area (Å²) < 4.78 is 6.20. The van der Waals surface area contributed by atoms with Crippen molar-refractivity contribution in [3.05, 3.63) is 107 Å². The molecule has 3 rings (SSSR count). The number of aliphatic hydroxyl groups is 1. The van der Waals surface area contributed by atoms with E-state index >= 15 is 0 Å². The minimum Gasteiger partial charge on any atom is -0.479 e. The molecule has 3 aromatic carbocycles. The maximum atomic E-state index is 11.8. The van der Waals surface area contributed by atoms with E-state index in [9.17, 15) is 15.0 Å². The molecule has 28 heavy (non-hydrogen) atoms. The molecule has 144 valence electrons. The van der Waals surface area contributed by atoms with Gasteiger partial charge in [0.1, 0.15) is 0 Å². The number of halogens is 1. The summed E-state index contributed by atoms with van der Waals surface area (Å²) in [5.41, 5.74) is 0.629. The highest BCUT2D eigenvalue weighted by atomic mass is 35.5. The molecule has 0 aliphatic carbocycles. The van der Waals surface area contributed by atoms with E-state index in [0.29, 0.717) is 22.6 Å². The van der Waals surface area contributed by atoms with Gasteiger partial charge in [0.2, 0.25) is 0 Å². The Bertz CT molecular complexity index is 855. The summed E-state index contributed by atoms with van der Waals surface area (Å²) in [5.74, 6) is -1.35. The molecule has 0 amide bonds. The van der Waals surface area contributed by atoms with Crippen LogP contribution in [0.4, 0.5) is 0 Å². The Morgan fingerprint density at radius 2 is 1.39 bits per heavy atom. The Morgan fingerprint density at radius 3 is 1.86 bits per heavy atom. The van der Waals surface area contributed by atoms with Crippen LogP contribution < -0.4 is 0 Å².